The lowest BCUT2D eigenvalue weighted by molar-refractivity contribution is 0.263. The molecule has 0 radical (unpaired) electrons. The molecule has 11 rings (SSSR count). The Bertz CT molecular complexity index is 2850. The van der Waals surface area contributed by atoms with Crippen molar-refractivity contribution in [1.29, 1.82) is 0 Å². The van der Waals surface area contributed by atoms with E-state index in [2.05, 4.69) is 125 Å². The molecule has 8 aromatic carbocycles. The molecule has 1 aliphatic rings. The molecule has 236 valence electrons. The zero-order valence-corrected chi connectivity index (χ0v) is 26.8. The molecule has 0 spiro atoms. The Morgan fingerprint density at radius 3 is 1.68 bits per heavy atom. The molecule has 3 heterocycles. The van der Waals surface area contributed by atoms with Crippen molar-refractivity contribution in [3.63, 3.8) is 0 Å². The summed E-state index contributed by atoms with van der Waals surface area (Å²) in [6.07, 6.45) is -0.252. The van der Waals surface area contributed by atoms with Gasteiger partial charge in [0.05, 0.1) is 5.69 Å². The number of ether oxygens (including phenoxy) is 1. The first kappa shape index (κ1) is 27.3. The molecule has 0 saturated heterocycles. The molecule has 0 amide bonds. The van der Waals surface area contributed by atoms with Gasteiger partial charge in [0.15, 0.2) is 12.0 Å². The average Bonchev–Trinajstić information content (AvgIpc) is 3.88. The summed E-state index contributed by atoms with van der Waals surface area (Å²) >= 11 is 0. The summed E-state index contributed by atoms with van der Waals surface area (Å²) < 4.78 is 19.5. The van der Waals surface area contributed by atoms with Crippen LogP contribution in [0.15, 0.2) is 167 Å². The van der Waals surface area contributed by atoms with Crippen LogP contribution in [0.2, 0.25) is 0 Å². The molecule has 0 fully saturated rings. The van der Waals surface area contributed by atoms with Crippen molar-refractivity contribution in [2.45, 2.75) is 6.23 Å². The Morgan fingerprint density at radius 1 is 0.440 bits per heavy atom. The molecular formula is C45H28N2O3. The molecule has 0 saturated carbocycles. The quantitative estimate of drug-likeness (QED) is 0.193. The number of fused-ring (bicyclic) bond motifs is 11. The van der Waals surface area contributed by atoms with Crippen LogP contribution in [0, 0.1) is 0 Å². The lowest BCUT2D eigenvalue weighted by atomic mass is 9.99. The van der Waals surface area contributed by atoms with Crippen LogP contribution < -0.4 is 15.0 Å². The van der Waals surface area contributed by atoms with E-state index in [1.54, 1.807) is 0 Å². The fourth-order valence-electron chi connectivity index (χ4n) is 7.70. The minimum atomic E-state index is -0.252. The maximum Gasteiger partial charge on any atom is 0.196 e. The molecule has 1 atom stereocenters. The first-order valence-electron chi connectivity index (χ1n) is 16.9. The van der Waals surface area contributed by atoms with Crippen LogP contribution in [-0.2, 0) is 0 Å². The van der Waals surface area contributed by atoms with E-state index in [-0.39, 0.29) is 6.23 Å². The molecule has 10 aromatic rings. The second-order valence-corrected chi connectivity index (χ2v) is 13.0. The van der Waals surface area contributed by atoms with Crippen LogP contribution >= 0.6 is 0 Å². The third-order valence-corrected chi connectivity index (χ3v) is 10.1. The summed E-state index contributed by atoms with van der Waals surface area (Å²) in [5.41, 5.74) is 8.50. The van der Waals surface area contributed by atoms with Gasteiger partial charge in [-0.25, -0.2) is 0 Å². The molecule has 2 aromatic heterocycles. The number of anilines is 4. The number of hydrogen-bond acceptors (Lipinski definition) is 5. The van der Waals surface area contributed by atoms with Gasteiger partial charge in [-0.15, -0.1) is 0 Å². The summed E-state index contributed by atoms with van der Waals surface area (Å²) in [5.74, 6) is 0.873. The number of furan rings is 2. The molecular weight excluding hydrogens is 617 g/mol. The van der Waals surface area contributed by atoms with Crippen molar-refractivity contribution in [2.75, 3.05) is 10.2 Å². The monoisotopic (exact) mass is 644 g/mol. The molecule has 0 bridgehead atoms. The van der Waals surface area contributed by atoms with Crippen molar-refractivity contribution < 1.29 is 13.6 Å². The number of para-hydroxylation sites is 2. The summed E-state index contributed by atoms with van der Waals surface area (Å²) in [5, 5.41) is 12.5. The summed E-state index contributed by atoms with van der Waals surface area (Å²) in [6.45, 7) is 0. The van der Waals surface area contributed by atoms with E-state index in [1.807, 2.05) is 42.5 Å². The van der Waals surface area contributed by atoms with Gasteiger partial charge in [0.1, 0.15) is 22.3 Å². The minimum Gasteiger partial charge on any atom is -0.464 e. The Balaban J connectivity index is 1.13. The molecule has 5 nitrogen and oxygen atoms in total. The Morgan fingerprint density at radius 2 is 0.980 bits per heavy atom. The van der Waals surface area contributed by atoms with E-state index in [0.29, 0.717) is 0 Å². The van der Waals surface area contributed by atoms with Crippen molar-refractivity contribution in [3.05, 3.63) is 163 Å². The molecule has 1 unspecified atom stereocenters. The van der Waals surface area contributed by atoms with Crippen LogP contribution in [0.5, 0.6) is 5.75 Å². The SMILES string of the molecule is c1ccc(C2Nc3ccc4ccc5ccc(N(c6ccc7c(c6)oc6ccccc67)c6ccc7c(c6)oc6ccccc67)cc5c4c3O2)cc1. The highest BCUT2D eigenvalue weighted by atomic mass is 16.5. The summed E-state index contributed by atoms with van der Waals surface area (Å²) in [7, 11) is 0. The van der Waals surface area contributed by atoms with Gasteiger partial charge in [-0.05, 0) is 70.8 Å². The van der Waals surface area contributed by atoms with Crippen molar-refractivity contribution >= 4 is 88.2 Å². The second-order valence-electron chi connectivity index (χ2n) is 13.0. The lowest BCUT2D eigenvalue weighted by Crippen LogP contribution is -2.10. The highest BCUT2D eigenvalue weighted by Crippen LogP contribution is 2.47. The number of nitrogens with zero attached hydrogens (tertiary/aromatic N) is 1. The van der Waals surface area contributed by atoms with Crippen molar-refractivity contribution in [3.8, 4) is 5.75 Å². The predicted octanol–water partition coefficient (Wildman–Crippen LogP) is 12.8. The van der Waals surface area contributed by atoms with Crippen LogP contribution in [0.1, 0.15) is 11.8 Å². The molecule has 1 aliphatic heterocycles. The van der Waals surface area contributed by atoms with Gasteiger partial charge in [-0.1, -0.05) is 91.0 Å². The van der Waals surface area contributed by atoms with E-state index < -0.39 is 0 Å². The lowest BCUT2D eigenvalue weighted by Gasteiger charge is -2.26. The van der Waals surface area contributed by atoms with Gasteiger partial charge in [0, 0.05) is 61.7 Å². The van der Waals surface area contributed by atoms with Crippen LogP contribution in [0.25, 0.3) is 65.4 Å². The van der Waals surface area contributed by atoms with Crippen LogP contribution in [0.4, 0.5) is 22.7 Å². The van der Waals surface area contributed by atoms with E-state index in [4.69, 9.17) is 13.6 Å². The Hall–Kier alpha value is -6.72. The van der Waals surface area contributed by atoms with Gasteiger partial charge in [0.2, 0.25) is 0 Å². The van der Waals surface area contributed by atoms with Crippen LogP contribution in [-0.4, -0.2) is 0 Å². The fourth-order valence-corrected chi connectivity index (χ4v) is 7.70. The fraction of sp³-hybridized carbons (Fsp3) is 0.0222. The van der Waals surface area contributed by atoms with E-state index in [0.717, 1.165) is 99.5 Å². The van der Waals surface area contributed by atoms with Gasteiger partial charge >= 0.3 is 0 Å². The highest BCUT2D eigenvalue weighted by molar-refractivity contribution is 6.14. The summed E-state index contributed by atoms with van der Waals surface area (Å²) in [4.78, 5) is 2.28. The second kappa shape index (κ2) is 10.4. The average molecular weight is 645 g/mol. The number of benzene rings is 8. The third-order valence-electron chi connectivity index (χ3n) is 10.1. The maximum atomic E-state index is 6.69. The standard InChI is InChI=1S/C45H28N2O3/c1-2-8-29(9-3-1)45-46-38-23-17-28-15-14-27-16-18-30(24-37(27)43(28)44(38)50-45)47(31-19-21-35-33-10-4-6-12-39(33)48-41(35)25-31)32-20-22-36-34-11-5-7-13-40(34)49-42(36)26-32/h1-26,45-46H. The molecule has 0 aliphatic carbocycles. The smallest absolute Gasteiger partial charge is 0.196 e. The predicted molar refractivity (Wildman–Crippen MR) is 204 cm³/mol. The van der Waals surface area contributed by atoms with Crippen molar-refractivity contribution in [1.82, 2.24) is 0 Å². The zero-order chi connectivity index (χ0) is 32.8. The van der Waals surface area contributed by atoms with Crippen LogP contribution in [0.3, 0.4) is 0 Å². The summed E-state index contributed by atoms with van der Waals surface area (Å²) in [6, 6.07) is 55.0. The van der Waals surface area contributed by atoms with Gasteiger partial charge in [-0.3, -0.25) is 0 Å². The molecule has 5 heteroatoms. The van der Waals surface area contributed by atoms with Gasteiger partial charge in [-0.2, -0.15) is 0 Å². The Labute approximate surface area is 286 Å². The van der Waals surface area contributed by atoms with E-state index >= 15 is 0 Å². The first-order valence-corrected chi connectivity index (χ1v) is 16.9. The van der Waals surface area contributed by atoms with E-state index in [9.17, 15) is 0 Å². The topological polar surface area (TPSA) is 50.8 Å². The minimum absolute atomic E-state index is 0.252. The van der Waals surface area contributed by atoms with E-state index in [1.165, 1.54) is 0 Å². The number of rotatable bonds is 4. The Kier molecular flexibility index (Phi) is 5.66. The number of hydrogen-bond donors (Lipinski definition) is 1. The van der Waals surface area contributed by atoms with Crippen molar-refractivity contribution in [2.24, 2.45) is 0 Å². The van der Waals surface area contributed by atoms with Gasteiger partial charge in [0.25, 0.3) is 0 Å². The maximum absolute atomic E-state index is 6.69. The third kappa shape index (κ3) is 4.07. The zero-order valence-electron chi connectivity index (χ0n) is 26.8. The van der Waals surface area contributed by atoms with Gasteiger partial charge < -0.3 is 23.8 Å². The largest absolute Gasteiger partial charge is 0.464 e. The first-order chi connectivity index (χ1) is 24.7. The number of nitrogens with one attached hydrogen (secondary N) is 1. The highest BCUT2D eigenvalue weighted by Gasteiger charge is 2.26. The molecule has 1 N–H and O–H groups in total. The molecule has 50 heavy (non-hydrogen) atoms. The normalized spacial score (nSPS) is 14.1.